The van der Waals surface area contributed by atoms with Crippen LogP contribution in [-0.4, -0.2) is 25.1 Å². The number of methoxy groups -OCH3 is 1. The summed E-state index contributed by atoms with van der Waals surface area (Å²) in [5.74, 6) is 4.32. The van der Waals surface area contributed by atoms with Gasteiger partial charge in [0.1, 0.15) is 5.75 Å². The highest BCUT2D eigenvalue weighted by atomic mass is 16.5. The van der Waals surface area contributed by atoms with Gasteiger partial charge in [-0.05, 0) is 104 Å². The van der Waals surface area contributed by atoms with Crippen LogP contribution >= 0.6 is 0 Å². The summed E-state index contributed by atoms with van der Waals surface area (Å²) >= 11 is 0. The third-order valence-electron chi connectivity index (χ3n) is 10.3. The van der Waals surface area contributed by atoms with Gasteiger partial charge in [0.25, 0.3) is 0 Å². The molecule has 3 heteroatoms. The highest BCUT2D eigenvalue weighted by molar-refractivity contribution is 5.91. The van der Waals surface area contributed by atoms with Gasteiger partial charge in [0.05, 0.1) is 19.3 Å². The largest absolute Gasteiger partial charge is 0.497 e. The van der Waals surface area contributed by atoms with Crippen LogP contribution in [0.15, 0.2) is 48.1 Å². The smallest absolute Gasteiger partial charge is 0.155 e. The van der Waals surface area contributed by atoms with Crippen molar-refractivity contribution in [1.29, 1.82) is 0 Å². The second-order valence-electron chi connectivity index (χ2n) is 11.3. The van der Waals surface area contributed by atoms with E-state index in [0.717, 1.165) is 50.9 Å². The standard InChI is InChI=1S/C29H36O3/c1-18-13-15-32-29(18)14-12-26-24-10-6-20-16-21(30)7-11-23(20)27(24)25(17-28(26,29)2)19-4-8-22(31-3)9-5-19/h4-5,8-9,16,23-27H,1,6-7,10-15,17H2,2-3H3/t23-,24-,25+,26-,27+,28-,29-/m0/s1. The molecule has 170 valence electrons. The first-order valence-electron chi connectivity index (χ1n) is 12.7. The van der Waals surface area contributed by atoms with Crippen LogP contribution in [0.2, 0.25) is 0 Å². The molecule has 0 unspecified atom stereocenters. The second-order valence-corrected chi connectivity index (χ2v) is 11.3. The molecule has 0 amide bonds. The van der Waals surface area contributed by atoms with E-state index < -0.39 is 0 Å². The van der Waals surface area contributed by atoms with Crippen LogP contribution in [0.5, 0.6) is 5.75 Å². The van der Waals surface area contributed by atoms with Crippen molar-refractivity contribution in [2.45, 2.75) is 69.8 Å². The molecule has 4 fully saturated rings. The summed E-state index contributed by atoms with van der Waals surface area (Å²) in [5.41, 5.74) is 4.22. The van der Waals surface area contributed by atoms with Crippen LogP contribution in [0, 0.1) is 29.1 Å². The summed E-state index contributed by atoms with van der Waals surface area (Å²) in [6, 6.07) is 8.83. The second kappa shape index (κ2) is 7.32. The first-order chi connectivity index (χ1) is 15.5. The summed E-state index contributed by atoms with van der Waals surface area (Å²) < 4.78 is 12.1. The zero-order valence-corrected chi connectivity index (χ0v) is 19.6. The average Bonchev–Trinajstić information content (AvgIpc) is 3.33. The van der Waals surface area contributed by atoms with Crippen molar-refractivity contribution in [1.82, 2.24) is 0 Å². The van der Waals surface area contributed by atoms with E-state index in [1.54, 1.807) is 7.11 Å². The van der Waals surface area contributed by atoms with E-state index in [1.807, 2.05) is 6.08 Å². The Kier molecular flexibility index (Phi) is 4.74. The van der Waals surface area contributed by atoms with Gasteiger partial charge in [-0.25, -0.2) is 0 Å². The molecule has 3 saturated carbocycles. The molecule has 3 nitrogen and oxygen atoms in total. The minimum absolute atomic E-state index is 0.133. The highest BCUT2D eigenvalue weighted by Crippen LogP contribution is 2.71. The molecule has 5 aliphatic rings. The molecule has 4 aliphatic carbocycles. The summed E-state index contributed by atoms with van der Waals surface area (Å²) in [6.07, 6.45) is 10.7. The van der Waals surface area contributed by atoms with E-state index in [9.17, 15) is 4.79 Å². The molecule has 1 aromatic rings. The van der Waals surface area contributed by atoms with E-state index in [-0.39, 0.29) is 11.0 Å². The van der Waals surface area contributed by atoms with Crippen molar-refractivity contribution < 1.29 is 14.3 Å². The lowest BCUT2D eigenvalue weighted by Gasteiger charge is -2.59. The first-order valence-corrected chi connectivity index (χ1v) is 12.7. The predicted octanol–water partition coefficient (Wildman–Crippen LogP) is 6.25. The van der Waals surface area contributed by atoms with Crippen LogP contribution in [0.1, 0.15) is 69.8 Å². The van der Waals surface area contributed by atoms with Gasteiger partial charge in [0, 0.05) is 11.8 Å². The third-order valence-corrected chi connectivity index (χ3v) is 10.3. The Morgan fingerprint density at radius 1 is 1.06 bits per heavy atom. The Morgan fingerprint density at radius 3 is 2.59 bits per heavy atom. The minimum atomic E-state index is -0.133. The fraction of sp³-hybridized carbons (Fsp3) is 0.621. The lowest BCUT2D eigenvalue weighted by atomic mass is 9.46. The van der Waals surface area contributed by atoms with Crippen molar-refractivity contribution in [3.05, 3.63) is 53.6 Å². The number of allylic oxidation sites excluding steroid dienone is 1. The Balaban J connectivity index is 1.46. The number of carbonyl (C=O) groups excluding carboxylic acids is 1. The lowest BCUT2D eigenvalue weighted by molar-refractivity contribution is -0.122. The maximum absolute atomic E-state index is 12.2. The molecular formula is C29H36O3. The van der Waals surface area contributed by atoms with E-state index >= 15 is 0 Å². The zero-order valence-electron chi connectivity index (χ0n) is 19.6. The third kappa shape index (κ3) is 2.73. The van der Waals surface area contributed by atoms with Crippen LogP contribution < -0.4 is 4.74 Å². The number of rotatable bonds is 2. The Morgan fingerprint density at radius 2 is 1.88 bits per heavy atom. The molecule has 1 aromatic carbocycles. The fourth-order valence-electron chi connectivity index (χ4n) is 8.96. The summed E-state index contributed by atoms with van der Waals surface area (Å²) in [7, 11) is 1.74. The van der Waals surface area contributed by atoms with Gasteiger partial charge in [-0.15, -0.1) is 0 Å². The van der Waals surface area contributed by atoms with E-state index in [2.05, 4.69) is 37.8 Å². The maximum atomic E-state index is 12.2. The predicted molar refractivity (Wildman–Crippen MR) is 126 cm³/mol. The van der Waals surface area contributed by atoms with E-state index in [4.69, 9.17) is 9.47 Å². The quantitative estimate of drug-likeness (QED) is 0.519. The van der Waals surface area contributed by atoms with E-state index in [1.165, 1.54) is 29.6 Å². The topological polar surface area (TPSA) is 35.5 Å². The van der Waals surface area contributed by atoms with Crippen molar-refractivity contribution in [3.8, 4) is 5.75 Å². The maximum Gasteiger partial charge on any atom is 0.155 e. The SMILES string of the molecule is C=C1CCO[C@@]12CC[C@H]1[C@@H]3CCC4=CC(=O)CC[C@@H]4[C@H]3[C@@H](c3ccc(OC)cc3)C[C@@]12C. The molecular weight excluding hydrogens is 396 g/mol. The summed E-state index contributed by atoms with van der Waals surface area (Å²) in [4.78, 5) is 12.2. The minimum Gasteiger partial charge on any atom is -0.497 e. The molecule has 32 heavy (non-hydrogen) atoms. The average molecular weight is 433 g/mol. The Labute approximate surface area is 192 Å². The van der Waals surface area contributed by atoms with E-state index in [0.29, 0.717) is 35.4 Å². The van der Waals surface area contributed by atoms with Crippen molar-refractivity contribution in [3.63, 3.8) is 0 Å². The number of hydrogen-bond acceptors (Lipinski definition) is 3. The van der Waals surface area contributed by atoms with Gasteiger partial charge < -0.3 is 9.47 Å². The lowest BCUT2D eigenvalue weighted by Crippen LogP contribution is -2.55. The van der Waals surface area contributed by atoms with Gasteiger partial charge in [0.2, 0.25) is 0 Å². The van der Waals surface area contributed by atoms with Gasteiger partial charge in [-0.1, -0.05) is 31.2 Å². The number of hydrogen-bond donors (Lipinski definition) is 0. The molecule has 1 saturated heterocycles. The van der Waals surface area contributed by atoms with Crippen LogP contribution in [0.3, 0.4) is 0 Å². The van der Waals surface area contributed by atoms with Gasteiger partial charge in [0.15, 0.2) is 5.78 Å². The summed E-state index contributed by atoms with van der Waals surface area (Å²) in [6.45, 7) is 7.90. The molecule has 1 spiro atoms. The number of ketones is 1. The van der Waals surface area contributed by atoms with Crippen molar-refractivity contribution in [2.24, 2.45) is 29.1 Å². The van der Waals surface area contributed by atoms with Gasteiger partial charge in [-0.3, -0.25) is 4.79 Å². The Hall–Kier alpha value is -1.87. The number of ether oxygens (including phenoxy) is 2. The molecule has 1 heterocycles. The molecule has 0 aromatic heterocycles. The number of benzene rings is 1. The Bertz CT molecular complexity index is 975. The summed E-state index contributed by atoms with van der Waals surface area (Å²) in [5, 5.41) is 0. The van der Waals surface area contributed by atoms with Gasteiger partial charge in [-0.2, -0.15) is 0 Å². The molecule has 7 atom stereocenters. The highest BCUT2D eigenvalue weighted by Gasteiger charge is 2.67. The number of fused-ring (bicyclic) bond motifs is 6. The van der Waals surface area contributed by atoms with Crippen molar-refractivity contribution in [2.75, 3.05) is 13.7 Å². The number of carbonyl (C=O) groups is 1. The first kappa shape index (κ1) is 20.7. The van der Waals surface area contributed by atoms with Gasteiger partial charge >= 0.3 is 0 Å². The van der Waals surface area contributed by atoms with Crippen molar-refractivity contribution >= 4 is 5.78 Å². The molecule has 0 radical (unpaired) electrons. The normalized spacial score (nSPS) is 42.9. The molecule has 0 N–H and O–H groups in total. The monoisotopic (exact) mass is 432 g/mol. The molecule has 6 rings (SSSR count). The zero-order chi connectivity index (χ0) is 22.1. The molecule has 0 bridgehead atoms. The fourth-order valence-corrected chi connectivity index (χ4v) is 8.96. The van der Waals surface area contributed by atoms with Crippen LogP contribution in [0.25, 0.3) is 0 Å². The molecule has 1 aliphatic heterocycles. The van der Waals surface area contributed by atoms with Crippen LogP contribution in [-0.2, 0) is 9.53 Å². The van der Waals surface area contributed by atoms with Crippen LogP contribution in [0.4, 0.5) is 0 Å².